The average Bonchev–Trinajstić information content (AvgIpc) is 2.44. The Labute approximate surface area is 99.4 Å². The van der Waals surface area contributed by atoms with E-state index in [0.29, 0.717) is 4.83 Å². The van der Waals surface area contributed by atoms with E-state index in [-0.39, 0.29) is 0 Å². The van der Waals surface area contributed by atoms with Gasteiger partial charge >= 0.3 is 0 Å². The number of nitrogens with zero attached hydrogens (tertiary/aromatic N) is 1. The van der Waals surface area contributed by atoms with E-state index in [1.165, 1.54) is 5.56 Å². The molecule has 1 fully saturated rings. The fraction of sp³-hybridized carbons (Fsp3) is 0.500. The molecule has 1 unspecified atom stereocenters. The highest BCUT2D eigenvalue weighted by molar-refractivity contribution is 9.09. The lowest BCUT2D eigenvalue weighted by molar-refractivity contribution is 0.142. The van der Waals surface area contributed by atoms with Crippen molar-refractivity contribution < 1.29 is 4.74 Å². The van der Waals surface area contributed by atoms with E-state index in [2.05, 4.69) is 51.2 Å². The van der Waals surface area contributed by atoms with Crippen LogP contribution in [0.5, 0.6) is 0 Å². The minimum Gasteiger partial charge on any atom is -0.379 e. The molecule has 1 aliphatic heterocycles. The molecule has 0 aromatic heterocycles. The summed E-state index contributed by atoms with van der Waals surface area (Å²) >= 11 is 3.63. The molecule has 3 heteroatoms. The van der Waals surface area contributed by atoms with Gasteiger partial charge in [-0.3, -0.25) is 4.90 Å². The second-order valence-corrected chi connectivity index (χ2v) is 5.19. The van der Waals surface area contributed by atoms with Crippen LogP contribution in [0.15, 0.2) is 30.3 Å². The van der Waals surface area contributed by atoms with Crippen molar-refractivity contribution >= 4 is 15.9 Å². The summed E-state index contributed by atoms with van der Waals surface area (Å²) in [5.41, 5.74) is 1.37. The lowest BCUT2D eigenvalue weighted by Gasteiger charge is -2.20. The van der Waals surface area contributed by atoms with Gasteiger partial charge in [-0.15, -0.1) is 0 Å². The van der Waals surface area contributed by atoms with E-state index in [1.807, 2.05) is 0 Å². The monoisotopic (exact) mass is 269 g/mol. The highest BCUT2D eigenvalue weighted by atomic mass is 79.9. The van der Waals surface area contributed by atoms with Crippen LogP contribution in [-0.4, -0.2) is 36.0 Å². The van der Waals surface area contributed by atoms with Gasteiger partial charge in [0, 0.05) is 19.6 Å². The molecule has 2 rings (SSSR count). The molecule has 0 aliphatic carbocycles. The SMILES string of the molecule is BrC1COCCN(Cc2ccccc2)C1. The summed E-state index contributed by atoms with van der Waals surface area (Å²) in [6, 6.07) is 10.6. The maximum atomic E-state index is 5.49. The molecule has 0 spiro atoms. The van der Waals surface area contributed by atoms with Crippen LogP contribution in [0.1, 0.15) is 5.56 Å². The molecule has 1 aromatic carbocycles. The van der Waals surface area contributed by atoms with E-state index >= 15 is 0 Å². The standard InChI is InChI=1S/C12H16BrNO/c13-12-9-14(6-7-15-10-12)8-11-4-2-1-3-5-11/h1-5,12H,6-10H2. The Morgan fingerprint density at radius 1 is 1.33 bits per heavy atom. The maximum Gasteiger partial charge on any atom is 0.0604 e. The predicted octanol–water partition coefficient (Wildman–Crippen LogP) is 2.28. The summed E-state index contributed by atoms with van der Waals surface area (Å²) in [6.45, 7) is 4.78. The number of hydrogen-bond acceptors (Lipinski definition) is 2. The third-order valence-electron chi connectivity index (χ3n) is 2.56. The topological polar surface area (TPSA) is 12.5 Å². The molecule has 15 heavy (non-hydrogen) atoms. The third kappa shape index (κ3) is 3.59. The number of halogens is 1. The fourth-order valence-electron chi connectivity index (χ4n) is 1.81. The Morgan fingerprint density at radius 2 is 2.13 bits per heavy atom. The van der Waals surface area contributed by atoms with E-state index < -0.39 is 0 Å². The second-order valence-electron chi connectivity index (χ2n) is 3.89. The molecule has 0 saturated carbocycles. The molecule has 0 radical (unpaired) electrons. The van der Waals surface area contributed by atoms with Crippen LogP contribution in [0.3, 0.4) is 0 Å². The van der Waals surface area contributed by atoms with Crippen LogP contribution in [0, 0.1) is 0 Å². The van der Waals surface area contributed by atoms with Gasteiger partial charge in [0.15, 0.2) is 0 Å². The molecular weight excluding hydrogens is 254 g/mol. The smallest absolute Gasteiger partial charge is 0.0604 e. The van der Waals surface area contributed by atoms with Crippen molar-refractivity contribution in [1.82, 2.24) is 4.90 Å². The lowest BCUT2D eigenvalue weighted by Crippen LogP contribution is -2.29. The molecule has 1 aromatic rings. The first kappa shape index (κ1) is 11.1. The second kappa shape index (κ2) is 5.64. The Bertz CT molecular complexity index is 291. The van der Waals surface area contributed by atoms with E-state index in [9.17, 15) is 0 Å². The molecule has 1 aliphatic rings. The minimum atomic E-state index is 0.462. The van der Waals surface area contributed by atoms with E-state index in [0.717, 1.165) is 32.8 Å². The van der Waals surface area contributed by atoms with Crippen LogP contribution in [0.2, 0.25) is 0 Å². The fourth-order valence-corrected chi connectivity index (χ4v) is 2.41. The van der Waals surface area contributed by atoms with Gasteiger partial charge < -0.3 is 4.74 Å². The molecule has 1 atom stereocenters. The summed E-state index contributed by atoms with van der Waals surface area (Å²) < 4.78 is 5.49. The molecule has 0 amide bonds. The van der Waals surface area contributed by atoms with Crippen molar-refractivity contribution in [2.75, 3.05) is 26.3 Å². The van der Waals surface area contributed by atoms with Gasteiger partial charge in [-0.2, -0.15) is 0 Å². The number of rotatable bonds is 2. The van der Waals surface area contributed by atoms with Crippen molar-refractivity contribution in [1.29, 1.82) is 0 Å². The maximum absolute atomic E-state index is 5.49. The zero-order valence-corrected chi connectivity index (χ0v) is 10.3. The Hall–Kier alpha value is -0.380. The number of hydrogen-bond donors (Lipinski definition) is 0. The van der Waals surface area contributed by atoms with Crippen LogP contribution < -0.4 is 0 Å². The molecule has 82 valence electrons. The zero-order chi connectivity index (χ0) is 10.5. The summed E-state index contributed by atoms with van der Waals surface area (Å²) in [4.78, 5) is 2.89. The number of benzene rings is 1. The van der Waals surface area contributed by atoms with E-state index in [1.54, 1.807) is 0 Å². The third-order valence-corrected chi connectivity index (χ3v) is 3.11. The highest BCUT2D eigenvalue weighted by Gasteiger charge is 2.15. The number of alkyl halides is 1. The molecule has 0 bridgehead atoms. The van der Waals surface area contributed by atoms with Crippen LogP contribution in [0.25, 0.3) is 0 Å². The predicted molar refractivity (Wildman–Crippen MR) is 65.3 cm³/mol. The molecule has 1 heterocycles. The highest BCUT2D eigenvalue weighted by Crippen LogP contribution is 2.11. The molecule has 2 nitrogen and oxygen atoms in total. The molecular formula is C12H16BrNO. The minimum absolute atomic E-state index is 0.462. The number of ether oxygens (including phenoxy) is 1. The van der Waals surface area contributed by atoms with Crippen LogP contribution in [0.4, 0.5) is 0 Å². The zero-order valence-electron chi connectivity index (χ0n) is 8.73. The molecule has 0 N–H and O–H groups in total. The summed E-state index contributed by atoms with van der Waals surface area (Å²) in [6.07, 6.45) is 0. The van der Waals surface area contributed by atoms with Crippen molar-refractivity contribution in [2.24, 2.45) is 0 Å². The van der Waals surface area contributed by atoms with Crippen molar-refractivity contribution in [3.8, 4) is 0 Å². The van der Waals surface area contributed by atoms with Crippen molar-refractivity contribution in [3.63, 3.8) is 0 Å². The van der Waals surface area contributed by atoms with Gasteiger partial charge in [-0.05, 0) is 5.56 Å². The first-order valence-electron chi connectivity index (χ1n) is 5.32. The van der Waals surface area contributed by atoms with Crippen molar-refractivity contribution in [3.05, 3.63) is 35.9 Å². The Kier molecular flexibility index (Phi) is 4.18. The quantitative estimate of drug-likeness (QED) is 0.764. The van der Waals surface area contributed by atoms with Gasteiger partial charge in [0.05, 0.1) is 18.0 Å². The largest absolute Gasteiger partial charge is 0.379 e. The van der Waals surface area contributed by atoms with E-state index in [4.69, 9.17) is 4.74 Å². The van der Waals surface area contributed by atoms with Crippen LogP contribution >= 0.6 is 15.9 Å². The Morgan fingerprint density at radius 3 is 2.93 bits per heavy atom. The van der Waals surface area contributed by atoms with Gasteiger partial charge in [0.1, 0.15) is 0 Å². The first-order valence-corrected chi connectivity index (χ1v) is 6.24. The van der Waals surface area contributed by atoms with Gasteiger partial charge in [-0.25, -0.2) is 0 Å². The van der Waals surface area contributed by atoms with Crippen molar-refractivity contribution in [2.45, 2.75) is 11.4 Å². The lowest BCUT2D eigenvalue weighted by atomic mass is 10.2. The van der Waals surface area contributed by atoms with Gasteiger partial charge in [0.2, 0.25) is 0 Å². The van der Waals surface area contributed by atoms with Crippen LogP contribution in [-0.2, 0) is 11.3 Å². The summed E-state index contributed by atoms with van der Waals surface area (Å²) in [5, 5.41) is 0. The first-order chi connectivity index (χ1) is 7.34. The summed E-state index contributed by atoms with van der Waals surface area (Å²) in [7, 11) is 0. The molecule has 1 saturated heterocycles. The normalized spacial score (nSPS) is 23.7. The summed E-state index contributed by atoms with van der Waals surface area (Å²) in [5.74, 6) is 0. The van der Waals surface area contributed by atoms with Gasteiger partial charge in [-0.1, -0.05) is 46.3 Å². The Balaban J connectivity index is 1.93. The average molecular weight is 270 g/mol. The van der Waals surface area contributed by atoms with Gasteiger partial charge in [0.25, 0.3) is 0 Å².